The number of aromatic amines is 1. The zero-order valence-corrected chi connectivity index (χ0v) is 8.56. The molecule has 0 radical (unpaired) electrons. The molecule has 2 heterocycles. The molecular weight excluding hydrogens is 190 g/mol. The van der Waals surface area contributed by atoms with Crippen molar-refractivity contribution in [2.75, 3.05) is 6.54 Å². The molecule has 0 bridgehead atoms. The van der Waals surface area contributed by atoms with E-state index in [2.05, 4.69) is 25.1 Å². The fourth-order valence-electron chi connectivity index (χ4n) is 1.41. The van der Waals surface area contributed by atoms with Crippen LogP contribution >= 0.6 is 0 Å². The van der Waals surface area contributed by atoms with Gasteiger partial charge in [-0.25, -0.2) is 4.98 Å². The third kappa shape index (κ3) is 3.21. The molecule has 0 atom stereocenters. The van der Waals surface area contributed by atoms with Gasteiger partial charge in [0, 0.05) is 37.4 Å². The van der Waals surface area contributed by atoms with Crippen molar-refractivity contribution in [1.82, 2.24) is 25.1 Å². The minimum absolute atomic E-state index is 0.851. The van der Waals surface area contributed by atoms with E-state index in [1.807, 2.05) is 18.6 Å². The maximum atomic E-state index is 3.99. The van der Waals surface area contributed by atoms with Gasteiger partial charge in [0.15, 0.2) is 0 Å². The van der Waals surface area contributed by atoms with Crippen molar-refractivity contribution in [1.29, 1.82) is 0 Å². The van der Waals surface area contributed by atoms with Crippen molar-refractivity contribution in [3.8, 4) is 0 Å². The van der Waals surface area contributed by atoms with E-state index in [4.69, 9.17) is 0 Å². The molecule has 0 amide bonds. The van der Waals surface area contributed by atoms with Gasteiger partial charge in [-0.2, -0.15) is 5.10 Å². The number of imidazole rings is 1. The number of H-pyrrole nitrogens is 1. The first-order valence-electron chi connectivity index (χ1n) is 5.10. The van der Waals surface area contributed by atoms with Crippen molar-refractivity contribution < 1.29 is 0 Å². The number of rotatable bonds is 6. The van der Waals surface area contributed by atoms with Gasteiger partial charge in [0.1, 0.15) is 0 Å². The Morgan fingerprint density at radius 3 is 3.13 bits per heavy atom. The van der Waals surface area contributed by atoms with Gasteiger partial charge in [-0.1, -0.05) is 0 Å². The van der Waals surface area contributed by atoms with Gasteiger partial charge in [0.25, 0.3) is 0 Å². The summed E-state index contributed by atoms with van der Waals surface area (Å²) in [7, 11) is 0. The molecule has 0 unspecified atom stereocenters. The maximum Gasteiger partial charge on any atom is 0.0945 e. The Hall–Kier alpha value is -1.62. The van der Waals surface area contributed by atoms with Crippen LogP contribution in [0.15, 0.2) is 31.0 Å². The molecule has 0 aromatic carbocycles. The Balaban J connectivity index is 1.56. The molecule has 0 aliphatic carbocycles. The minimum atomic E-state index is 0.851. The standard InChI is InChI=1S/C10H15N5/c1(6-15-7-5-12-9-15)3-11-8-10-2-4-13-14-10/h2,4-5,7,9,11H,1,3,6,8H2,(H,13,14). The first kappa shape index (κ1) is 9.92. The van der Waals surface area contributed by atoms with Gasteiger partial charge >= 0.3 is 0 Å². The van der Waals surface area contributed by atoms with Gasteiger partial charge in [-0.05, 0) is 19.0 Å². The SMILES string of the molecule is c1cn(CCCNCc2ccn[nH]2)cn1. The molecule has 5 nitrogen and oxygen atoms in total. The predicted molar refractivity (Wildman–Crippen MR) is 57.1 cm³/mol. The molecule has 2 N–H and O–H groups in total. The van der Waals surface area contributed by atoms with E-state index in [1.165, 1.54) is 0 Å². The van der Waals surface area contributed by atoms with Crippen molar-refractivity contribution >= 4 is 0 Å². The van der Waals surface area contributed by atoms with Gasteiger partial charge in [0.2, 0.25) is 0 Å². The van der Waals surface area contributed by atoms with Crippen LogP contribution in [0.25, 0.3) is 0 Å². The maximum absolute atomic E-state index is 3.99. The Kier molecular flexibility index (Phi) is 3.51. The van der Waals surface area contributed by atoms with Gasteiger partial charge < -0.3 is 9.88 Å². The lowest BCUT2D eigenvalue weighted by Gasteiger charge is -2.03. The summed E-state index contributed by atoms with van der Waals surface area (Å²) in [5.74, 6) is 0. The van der Waals surface area contributed by atoms with E-state index in [1.54, 1.807) is 12.4 Å². The molecule has 0 saturated heterocycles. The average Bonchev–Trinajstić information content (AvgIpc) is 2.88. The van der Waals surface area contributed by atoms with E-state index in [0.717, 1.165) is 31.7 Å². The largest absolute Gasteiger partial charge is 0.337 e. The molecule has 0 saturated carbocycles. The lowest BCUT2D eigenvalue weighted by atomic mass is 10.4. The highest BCUT2D eigenvalue weighted by Gasteiger charge is 1.93. The molecule has 15 heavy (non-hydrogen) atoms. The molecule has 2 aromatic rings. The minimum Gasteiger partial charge on any atom is -0.337 e. The lowest BCUT2D eigenvalue weighted by molar-refractivity contribution is 0.576. The van der Waals surface area contributed by atoms with E-state index in [-0.39, 0.29) is 0 Å². The van der Waals surface area contributed by atoms with Crippen LogP contribution in [0.4, 0.5) is 0 Å². The fourth-order valence-corrected chi connectivity index (χ4v) is 1.41. The third-order valence-corrected chi connectivity index (χ3v) is 2.20. The first-order valence-corrected chi connectivity index (χ1v) is 5.10. The molecule has 5 heteroatoms. The van der Waals surface area contributed by atoms with E-state index < -0.39 is 0 Å². The zero-order chi connectivity index (χ0) is 10.3. The highest BCUT2D eigenvalue weighted by atomic mass is 15.1. The number of hydrogen-bond acceptors (Lipinski definition) is 3. The first-order chi connectivity index (χ1) is 7.45. The smallest absolute Gasteiger partial charge is 0.0945 e. The molecule has 0 fully saturated rings. The molecule has 2 rings (SSSR count). The summed E-state index contributed by atoms with van der Waals surface area (Å²) in [6.07, 6.45) is 8.49. The summed E-state index contributed by atoms with van der Waals surface area (Å²) in [6, 6.07) is 1.98. The number of nitrogens with one attached hydrogen (secondary N) is 2. The number of hydrogen-bond donors (Lipinski definition) is 2. The molecule has 0 aliphatic rings. The summed E-state index contributed by atoms with van der Waals surface area (Å²) in [4.78, 5) is 3.99. The Labute approximate surface area is 88.5 Å². The van der Waals surface area contributed by atoms with Crippen LogP contribution in [0.2, 0.25) is 0 Å². The summed E-state index contributed by atoms with van der Waals surface area (Å²) in [6.45, 7) is 2.86. The van der Waals surface area contributed by atoms with Crippen LogP contribution in [-0.4, -0.2) is 26.3 Å². The average molecular weight is 205 g/mol. The normalized spacial score (nSPS) is 10.7. The third-order valence-electron chi connectivity index (χ3n) is 2.20. The zero-order valence-electron chi connectivity index (χ0n) is 8.56. The van der Waals surface area contributed by atoms with E-state index >= 15 is 0 Å². The van der Waals surface area contributed by atoms with Crippen molar-refractivity contribution in [2.45, 2.75) is 19.5 Å². The quantitative estimate of drug-likeness (QED) is 0.685. The second-order valence-electron chi connectivity index (χ2n) is 3.41. The lowest BCUT2D eigenvalue weighted by Crippen LogP contribution is -2.16. The van der Waals surface area contributed by atoms with Gasteiger partial charge in [-0.3, -0.25) is 5.10 Å². The predicted octanol–water partition coefficient (Wildman–Crippen LogP) is 0.786. The van der Waals surface area contributed by atoms with Crippen molar-refractivity contribution in [2.24, 2.45) is 0 Å². The second-order valence-corrected chi connectivity index (χ2v) is 3.41. The van der Waals surface area contributed by atoms with Crippen LogP contribution < -0.4 is 5.32 Å². The van der Waals surface area contributed by atoms with Crippen molar-refractivity contribution in [3.63, 3.8) is 0 Å². The monoisotopic (exact) mass is 205 g/mol. The van der Waals surface area contributed by atoms with Gasteiger partial charge in [0.05, 0.1) is 6.33 Å². The van der Waals surface area contributed by atoms with Crippen LogP contribution in [0.3, 0.4) is 0 Å². The van der Waals surface area contributed by atoms with E-state index in [9.17, 15) is 0 Å². The van der Waals surface area contributed by atoms with Crippen molar-refractivity contribution in [3.05, 3.63) is 36.7 Å². The Bertz CT molecular complexity index is 315. The number of nitrogens with zero attached hydrogens (tertiary/aromatic N) is 3. The highest BCUT2D eigenvalue weighted by Crippen LogP contribution is 1.92. The molecular formula is C10H15N5. The topological polar surface area (TPSA) is 58.5 Å². The summed E-state index contributed by atoms with van der Waals surface area (Å²) >= 11 is 0. The Morgan fingerprint density at radius 1 is 1.40 bits per heavy atom. The summed E-state index contributed by atoms with van der Waals surface area (Å²) < 4.78 is 2.08. The summed E-state index contributed by atoms with van der Waals surface area (Å²) in [5, 5.41) is 10.1. The van der Waals surface area contributed by atoms with Crippen LogP contribution in [-0.2, 0) is 13.1 Å². The number of aromatic nitrogens is 4. The Morgan fingerprint density at radius 2 is 2.40 bits per heavy atom. The number of aryl methyl sites for hydroxylation is 1. The van der Waals surface area contributed by atoms with E-state index in [0.29, 0.717) is 0 Å². The molecule has 0 spiro atoms. The van der Waals surface area contributed by atoms with Crippen LogP contribution in [0, 0.1) is 0 Å². The van der Waals surface area contributed by atoms with Crippen LogP contribution in [0.5, 0.6) is 0 Å². The fraction of sp³-hybridized carbons (Fsp3) is 0.400. The molecule has 2 aromatic heterocycles. The van der Waals surface area contributed by atoms with Crippen LogP contribution in [0.1, 0.15) is 12.1 Å². The summed E-state index contributed by atoms with van der Waals surface area (Å²) in [5.41, 5.74) is 1.12. The van der Waals surface area contributed by atoms with Gasteiger partial charge in [-0.15, -0.1) is 0 Å². The molecule has 0 aliphatic heterocycles. The molecule has 80 valence electrons. The second kappa shape index (κ2) is 5.31. The highest BCUT2D eigenvalue weighted by molar-refractivity contribution is 4.96.